The minimum Gasteiger partial charge on any atom is -0.359 e. The summed E-state index contributed by atoms with van der Waals surface area (Å²) in [5.74, 6) is -0.361. The maximum absolute atomic E-state index is 14.0. The van der Waals surface area contributed by atoms with E-state index in [1.165, 1.54) is 6.07 Å². The lowest BCUT2D eigenvalue weighted by atomic mass is 9.98. The van der Waals surface area contributed by atoms with E-state index < -0.39 is 5.82 Å². The van der Waals surface area contributed by atoms with E-state index in [0.29, 0.717) is 17.8 Å². The highest BCUT2D eigenvalue weighted by molar-refractivity contribution is 5.85. The van der Waals surface area contributed by atoms with Gasteiger partial charge in [0.1, 0.15) is 5.82 Å². The molecule has 0 aliphatic carbocycles. The number of piperidine rings is 1. The number of Topliss-reactive ketones (excluding diaryl/α,β-unsaturated/α-hetero) is 1. The topological polar surface area (TPSA) is 44.1 Å². The molecule has 0 saturated carbocycles. The minimum atomic E-state index is -0.429. The number of halogens is 1. The summed E-state index contributed by atoms with van der Waals surface area (Å²) >= 11 is 0. The number of benzene rings is 1. The first kappa shape index (κ1) is 12.6. The van der Waals surface area contributed by atoms with Gasteiger partial charge < -0.3 is 4.90 Å². The SMILES string of the molecule is CC(=O)C1CCCCN1c1ccc(C#N)cc1F. The van der Waals surface area contributed by atoms with Crippen molar-refractivity contribution in [2.45, 2.75) is 32.2 Å². The van der Waals surface area contributed by atoms with E-state index in [1.807, 2.05) is 11.0 Å². The van der Waals surface area contributed by atoms with Gasteiger partial charge in [-0.25, -0.2) is 4.39 Å². The van der Waals surface area contributed by atoms with Crippen molar-refractivity contribution in [3.05, 3.63) is 29.6 Å². The summed E-state index contributed by atoms with van der Waals surface area (Å²) in [5, 5.41) is 8.72. The van der Waals surface area contributed by atoms with E-state index >= 15 is 0 Å². The standard InChI is InChI=1S/C14H15FN2O/c1-10(18)13-4-2-3-7-17(13)14-6-5-11(9-16)8-12(14)15/h5-6,8,13H,2-4,7H2,1H3. The second-order valence-corrected chi connectivity index (χ2v) is 4.59. The van der Waals surface area contributed by atoms with Crippen LogP contribution in [-0.2, 0) is 4.79 Å². The van der Waals surface area contributed by atoms with Crippen molar-refractivity contribution in [3.63, 3.8) is 0 Å². The Kier molecular flexibility index (Phi) is 3.61. The Bertz CT molecular complexity index is 507. The first-order valence-corrected chi connectivity index (χ1v) is 6.10. The Hall–Kier alpha value is -1.89. The van der Waals surface area contributed by atoms with Gasteiger partial charge in [-0.15, -0.1) is 0 Å². The van der Waals surface area contributed by atoms with Crippen LogP contribution in [0.2, 0.25) is 0 Å². The fourth-order valence-electron chi connectivity index (χ4n) is 2.45. The van der Waals surface area contributed by atoms with E-state index in [1.54, 1.807) is 19.1 Å². The molecule has 1 atom stereocenters. The van der Waals surface area contributed by atoms with E-state index in [-0.39, 0.29) is 11.8 Å². The Labute approximate surface area is 106 Å². The van der Waals surface area contributed by atoms with Gasteiger partial charge in [0.25, 0.3) is 0 Å². The van der Waals surface area contributed by atoms with Gasteiger partial charge in [0.2, 0.25) is 0 Å². The average Bonchev–Trinajstić information content (AvgIpc) is 2.38. The number of ketones is 1. The maximum atomic E-state index is 14.0. The predicted octanol–water partition coefficient (Wildman–Crippen LogP) is 2.65. The van der Waals surface area contributed by atoms with Crippen molar-refractivity contribution in [1.82, 2.24) is 0 Å². The van der Waals surface area contributed by atoms with Crippen LogP contribution >= 0.6 is 0 Å². The minimum absolute atomic E-state index is 0.0680. The molecule has 1 aliphatic rings. The Morgan fingerprint density at radius 3 is 2.89 bits per heavy atom. The molecule has 94 valence electrons. The normalized spacial score (nSPS) is 19.4. The molecule has 1 aromatic rings. The largest absolute Gasteiger partial charge is 0.359 e. The van der Waals surface area contributed by atoms with Crippen LogP contribution in [0.3, 0.4) is 0 Å². The number of carbonyl (C=O) groups is 1. The van der Waals surface area contributed by atoms with Gasteiger partial charge in [-0.1, -0.05) is 0 Å². The van der Waals surface area contributed by atoms with Gasteiger partial charge in [-0.2, -0.15) is 5.26 Å². The zero-order chi connectivity index (χ0) is 13.1. The predicted molar refractivity (Wildman–Crippen MR) is 66.8 cm³/mol. The molecule has 0 amide bonds. The molecular formula is C14H15FN2O. The fourth-order valence-corrected chi connectivity index (χ4v) is 2.45. The van der Waals surface area contributed by atoms with Crippen LogP contribution in [0.4, 0.5) is 10.1 Å². The molecule has 0 spiro atoms. The zero-order valence-corrected chi connectivity index (χ0v) is 10.3. The van der Waals surface area contributed by atoms with Crippen LogP contribution in [0.15, 0.2) is 18.2 Å². The number of rotatable bonds is 2. The quantitative estimate of drug-likeness (QED) is 0.805. The molecule has 1 aliphatic heterocycles. The number of nitrogens with zero attached hydrogens (tertiary/aromatic N) is 2. The zero-order valence-electron chi connectivity index (χ0n) is 10.3. The highest BCUT2D eigenvalue weighted by atomic mass is 19.1. The van der Waals surface area contributed by atoms with Crippen LogP contribution < -0.4 is 4.90 Å². The lowest BCUT2D eigenvalue weighted by Gasteiger charge is -2.36. The molecule has 1 unspecified atom stereocenters. The van der Waals surface area contributed by atoms with E-state index in [9.17, 15) is 9.18 Å². The van der Waals surface area contributed by atoms with Crippen LogP contribution in [0.1, 0.15) is 31.7 Å². The van der Waals surface area contributed by atoms with E-state index in [2.05, 4.69) is 0 Å². The van der Waals surface area contributed by atoms with Gasteiger partial charge in [0.05, 0.1) is 23.4 Å². The maximum Gasteiger partial charge on any atom is 0.152 e. The number of nitriles is 1. The first-order valence-electron chi connectivity index (χ1n) is 6.10. The monoisotopic (exact) mass is 246 g/mol. The van der Waals surface area contributed by atoms with Crippen molar-refractivity contribution < 1.29 is 9.18 Å². The molecule has 0 radical (unpaired) electrons. The molecule has 2 rings (SSSR count). The van der Waals surface area contributed by atoms with Crippen molar-refractivity contribution in [2.24, 2.45) is 0 Å². The molecule has 1 saturated heterocycles. The van der Waals surface area contributed by atoms with Gasteiger partial charge in [-0.3, -0.25) is 4.79 Å². The second-order valence-electron chi connectivity index (χ2n) is 4.59. The van der Waals surface area contributed by atoms with Crippen molar-refractivity contribution in [2.75, 3.05) is 11.4 Å². The molecule has 0 N–H and O–H groups in total. The molecule has 4 heteroatoms. The Morgan fingerprint density at radius 2 is 2.28 bits per heavy atom. The third-order valence-electron chi connectivity index (χ3n) is 3.36. The van der Waals surface area contributed by atoms with Gasteiger partial charge in [0.15, 0.2) is 5.78 Å². The summed E-state index contributed by atoms with van der Waals surface area (Å²) in [5.41, 5.74) is 0.724. The lowest BCUT2D eigenvalue weighted by molar-refractivity contribution is -0.118. The Morgan fingerprint density at radius 1 is 1.50 bits per heavy atom. The number of anilines is 1. The summed E-state index contributed by atoms with van der Waals surface area (Å²) in [6, 6.07) is 6.07. The summed E-state index contributed by atoms with van der Waals surface area (Å²) in [4.78, 5) is 13.4. The lowest BCUT2D eigenvalue weighted by Crippen LogP contribution is -2.44. The molecule has 1 heterocycles. The van der Waals surface area contributed by atoms with E-state index in [0.717, 1.165) is 19.3 Å². The third-order valence-corrected chi connectivity index (χ3v) is 3.36. The molecule has 0 aromatic heterocycles. The number of carbonyl (C=O) groups excluding carboxylic acids is 1. The highest BCUT2D eigenvalue weighted by Crippen LogP contribution is 2.28. The van der Waals surface area contributed by atoms with Crippen LogP contribution in [0, 0.1) is 17.1 Å². The molecule has 1 aromatic carbocycles. The molecule has 18 heavy (non-hydrogen) atoms. The summed E-state index contributed by atoms with van der Waals surface area (Å²) in [6.07, 6.45) is 2.73. The van der Waals surface area contributed by atoms with Gasteiger partial charge in [0, 0.05) is 6.54 Å². The Balaban J connectivity index is 2.34. The highest BCUT2D eigenvalue weighted by Gasteiger charge is 2.27. The average molecular weight is 246 g/mol. The number of hydrogen-bond donors (Lipinski definition) is 0. The smallest absolute Gasteiger partial charge is 0.152 e. The van der Waals surface area contributed by atoms with Crippen LogP contribution in [0.25, 0.3) is 0 Å². The van der Waals surface area contributed by atoms with Crippen LogP contribution in [0.5, 0.6) is 0 Å². The number of hydrogen-bond acceptors (Lipinski definition) is 3. The third kappa shape index (κ3) is 2.35. The second kappa shape index (κ2) is 5.18. The summed E-state index contributed by atoms with van der Waals surface area (Å²) < 4.78 is 14.0. The fraction of sp³-hybridized carbons (Fsp3) is 0.429. The molecular weight excluding hydrogens is 231 g/mol. The molecule has 0 bridgehead atoms. The van der Waals surface area contributed by atoms with Crippen LogP contribution in [-0.4, -0.2) is 18.4 Å². The summed E-state index contributed by atoms with van der Waals surface area (Å²) in [6.45, 7) is 2.23. The van der Waals surface area contributed by atoms with Crippen molar-refractivity contribution in [1.29, 1.82) is 5.26 Å². The van der Waals surface area contributed by atoms with Crippen molar-refractivity contribution >= 4 is 11.5 Å². The first-order chi connectivity index (χ1) is 8.63. The molecule has 1 fully saturated rings. The van der Waals surface area contributed by atoms with Crippen molar-refractivity contribution in [3.8, 4) is 6.07 Å². The van der Waals surface area contributed by atoms with Gasteiger partial charge >= 0.3 is 0 Å². The van der Waals surface area contributed by atoms with Gasteiger partial charge in [-0.05, 0) is 44.4 Å². The van der Waals surface area contributed by atoms with E-state index in [4.69, 9.17) is 5.26 Å². The molecule has 3 nitrogen and oxygen atoms in total. The summed E-state index contributed by atoms with van der Waals surface area (Å²) in [7, 11) is 0.